The molecule has 1 amide bonds. The number of hydrogen-bond donors (Lipinski definition) is 0. The largest absolute Gasteiger partial charge is 0.342 e. The molecule has 116 valence electrons. The maximum absolute atomic E-state index is 12.1. The number of sulfone groups is 1. The van der Waals surface area contributed by atoms with Gasteiger partial charge >= 0.3 is 0 Å². The van der Waals surface area contributed by atoms with Crippen LogP contribution in [0, 0.1) is 5.92 Å². The number of hydrogen-bond acceptors (Lipinski definition) is 3. The number of rotatable bonds is 5. The van der Waals surface area contributed by atoms with Crippen LogP contribution in [0.2, 0.25) is 0 Å². The van der Waals surface area contributed by atoms with Crippen molar-refractivity contribution in [1.29, 1.82) is 0 Å². The van der Waals surface area contributed by atoms with Gasteiger partial charge in [-0.05, 0) is 25.2 Å². The Hall–Kier alpha value is -0.580. The smallest absolute Gasteiger partial charge is 0.222 e. The lowest BCUT2D eigenvalue weighted by Crippen LogP contribution is -2.37. The van der Waals surface area contributed by atoms with Gasteiger partial charge in [-0.15, -0.1) is 0 Å². The van der Waals surface area contributed by atoms with Gasteiger partial charge in [-0.2, -0.15) is 0 Å². The molecule has 5 heteroatoms. The highest BCUT2D eigenvalue weighted by Gasteiger charge is 2.32. The highest BCUT2D eigenvalue weighted by molar-refractivity contribution is 7.91. The monoisotopic (exact) mass is 301 g/mol. The molecule has 0 aromatic rings. The first-order chi connectivity index (χ1) is 9.48. The number of amides is 1. The Kier molecular flexibility index (Phi) is 5.47. The minimum absolute atomic E-state index is 0.0952. The Morgan fingerprint density at radius 2 is 1.85 bits per heavy atom. The second-order valence-corrected chi connectivity index (χ2v) is 8.69. The highest BCUT2D eigenvalue weighted by Crippen LogP contribution is 2.28. The predicted molar refractivity (Wildman–Crippen MR) is 80.3 cm³/mol. The molecule has 1 atom stereocenters. The zero-order valence-electron chi connectivity index (χ0n) is 12.5. The van der Waals surface area contributed by atoms with Crippen molar-refractivity contribution in [2.45, 2.75) is 63.8 Å². The summed E-state index contributed by atoms with van der Waals surface area (Å²) in [6, 6.07) is -0.0952. The second kappa shape index (κ2) is 6.92. The van der Waals surface area contributed by atoms with Crippen LogP contribution in [-0.4, -0.2) is 43.8 Å². The third kappa shape index (κ3) is 4.47. The Labute approximate surface area is 122 Å². The molecule has 2 aliphatic rings. The molecule has 0 aromatic carbocycles. The molecule has 1 aliphatic carbocycles. The minimum atomic E-state index is -2.91. The summed E-state index contributed by atoms with van der Waals surface area (Å²) in [5.41, 5.74) is 0. The molecule has 2 fully saturated rings. The lowest BCUT2D eigenvalue weighted by atomic mass is 9.86. The molecule has 1 unspecified atom stereocenters. The Morgan fingerprint density at radius 3 is 2.45 bits per heavy atom. The lowest BCUT2D eigenvalue weighted by Gasteiger charge is -2.24. The van der Waals surface area contributed by atoms with Crippen molar-refractivity contribution in [1.82, 2.24) is 4.90 Å². The van der Waals surface area contributed by atoms with Crippen molar-refractivity contribution in [3.05, 3.63) is 0 Å². The van der Waals surface area contributed by atoms with Gasteiger partial charge in [0.1, 0.15) is 0 Å². The van der Waals surface area contributed by atoms with Gasteiger partial charge in [-0.3, -0.25) is 4.79 Å². The fourth-order valence-electron chi connectivity index (χ4n) is 3.48. The van der Waals surface area contributed by atoms with Gasteiger partial charge in [0.15, 0.2) is 9.84 Å². The van der Waals surface area contributed by atoms with Crippen molar-refractivity contribution >= 4 is 15.7 Å². The van der Waals surface area contributed by atoms with Crippen LogP contribution in [0.4, 0.5) is 0 Å². The predicted octanol–water partition coefficient (Wildman–Crippen LogP) is 2.38. The summed E-state index contributed by atoms with van der Waals surface area (Å²) in [7, 11) is -1.15. The number of nitrogens with zero attached hydrogens (tertiary/aromatic N) is 1. The summed E-state index contributed by atoms with van der Waals surface area (Å²) >= 11 is 0. The van der Waals surface area contributed by atoms with E-state index in [0.717, 1.165) is 18.8 Å². The van der Waals surface area contributed by atoms with Crippen LogP contribution in [0.1, 0.15) is 57.8 Å². The van der Waals surface area contributed by atoms with E-state index in [0.29, 0.717) is 12.8 Å². The van der Waals surface area contributed by atoms with E-state index in [9.17, 15) is 13.2 Å². The van der Waals surface area contributed by atoms with Gasteiger partial charge in [0.25, 0.3) is 0 Å². The van der Waals surface area contributed by atoms with Crippen molar-refractivity contribution in [2.24, 2.45) is 5.92 Å². The Morgan fingerprint density at radius 1 is 1.15 bits per heavy atom. The van der Waals surface area contributed by atoms with Crippen LogP contribution in [0.25, 0.3) is 0 Å². The molecule has 2 rings (SSSR count). The number of carbonyl (C=O) groups is 1. The molecule has 1 heterocycles. The van der Waals surface area contributed by atoms with Gasteiger partial charge in [0.2, 0.25) is 5.91 Å². The molecular formula is C15H27NO3S. The first-order valence-corrected chi connectivity index (χ1v) is 9.76. The maximum Gasteiger partial charge on any atom is 0.222 e. The molecule has 0 N–H and O–H groups in total. The Balaban J connectivity index is 1.69. The van der Waals surface area contributed by atoms with E-state index in [1.165, 1.54) is 32.1 Å². The van der Waals surface area contributed by atoms with Crippen LogP contribution in [0.3, 0.4) is 0 Å². The minimum Gasteiger partial charge on any atom is -0.342 e. The molecule has 4 nitrogen and oxygen atoms in total. The average Bonchev–Trinajstić information content (AvgIpc) is 2.79. The fourth-order valence-corrected chi connectivity index (χ4v) is 5.25. The molecule has 0 bridgehead atoms. The molecular weight excluding hydrogens is 274 g/mol. The van der Waals surface area contributed by atoms with E-state index in [-0.39, 0.29) is 23.5 Å². The standard InChI is InChI=1S/C15H27NO3S/c1-16(14-10-11-20(18,19)12-14)15(17)9-5-8-13-6-3-2-4-7-13/h13-14H,2-12H2,1H3. The molecule has 1 saturated carbocycles. The normalized spacial score (nSPS) is 26.6. The zero-order valence-corrected chi connectivity index (χ0v) is 13.3. The van der Waals surface area contributed by atoms with Gasteiger partial charge in [-0.25, -0.2) is 8.42 Å². The molecule has 1 aliphatic heterocycles. The van der Waals surface area contributed by atoms with Gasteiger partial charge in [0, 0.05) is 19.5 Å². The van der Waals surface area contributed by atoms with E-state index in [1.807, 2.05) is 0 Å². The quantitative estimate of drug-likeness (QED) is 0.783. The molecule has 0 spiro atoms. The van der Waals surface area contributed by atoms with E-state index < -0.39 is 9.84 Å². The van der Waals surface area contributed by atoms with Gasteiger partial charge in [-0.1, -0.05) is 32.1 Å². The van der Waals surface area contributed by atoms with Crippen LogP contribution >= 0.6 is 0 Å². The summed E-state index contributed by atoms with van der Waals surface area (Å²) < 4.78 is 22.9. The SMILES string of the molecule is CN(C(=O)CCCC1CCCCC1)C1CCS(=O)(=O)C1. The van der Waals surface area contributed by atoms with Crippen molar-refractivity contribution in [3.63, 3.8) is 0 Å². The van der Waals surface area contributed by atoms with Crippen molar-refractivity contribution in [2.75, 3.05) is 18.6 Å². The summed E-state index contributed by atoms with van der Waals surface area (Å²) in [5, 5.41) is 0. The summed E-state index contributed by atoms with van der Waals surface area (Å²) in [6.07, 6.45) is 9.99. The second-order valence-electron chi connectivity index (χ2n) is 6.46. The summed E-state index contributed by atoms with van der Waals surface area (Å²) in [6.45, 7) is 0. The lowest BCUT2D eigenvalue weighted by molar-refractivity contribution is -0.131. The molecule has 20 heavy (non-hydrogen) atoms. The van der Waals surface area contributed by atoms with Gasteiger partial charge in [0.05, 0.1) is 11.5 Å². The third-order valence-electron chi connectivity index (χ3n) is 4.88. The van der Waals surface area contributed by atoms with Crippen molar-refractivity contribution in [3.8, 4) is 0 Å². The summed E-state index contributed by atoms with van der Waals surface area (Å²) in [4.78, 5) is 13.8. The molecule has 1 saturated heterocycles. The first kappa shape index (κ1) is 15.8. The Bertz CT molecular complexity index is 426. The number of carbonyl (C=O) groups excluding carboxylic acids is 1. The van der Waals surface area contributed by atoms with Gasteiger partial charge < -0.3 is 4.90 Å². The third-order valence-corrected chi connectivity index (χ3v) is 6.63. The zero-order chi connectivity index (χ0) is 14.6. The summed E-state index contributed by atoms with van der Waals surface area (Å²) in [5.74, 6) is 1.31. The topological polar surface area (TPSA) is 54.5 Å². The van der Waals surface area contributed by atoms with Crippen LogP contribution in [-0.2, 0) is 14.6 Å². The molecule has 0 aromatic heterocycles. The van der Waals surface area contributed by atoms with E-state index in [4.69, 9.17) is 0 Å². The van der Waals surface area contributed by atoms with E-state index >= 15 is 0 Å². The van der Waals surface area contributed by atoms with Crippen LogP contribution < -0.4 is 0 Å². The highest BCUT2D eigenvalue weighted by atomic mass is 32.2. The maximum atomic E-state index is 12.1. The van der Waals surface area contributed by atoms with Crippen molar-refractivity contribution < 1.29 is 13.2 Å². The molecule has 0 radical (unpaired) electrons. The first-order valence-electron chi connectivity index (χ1n) is 7.94. The van der Waals surface area contributed by atoms with Crippen LogP contribution in [0.5, 0.6) is 0 Å². The average molecular weight is 301 g/mol. The van der Waals surface area contributed by atoms with E-state index in [1.54, 1.807) is 11.9 Å². The van der Waals surface area contributed by atoms with Crippen LogP contribution in [0.15, 0.2) is 0 Å². The fraction of sp³-hybridized carbons (Fsp3) is 0.933. The van der Waals surface area contributed by atoms with E-state index in [2.05, 4.69) is 0 Å².